The van der Waals surface area contributed by atoms with E-state index in [0.717, 1.165) is 38.3 Å². The number of nitrogens with zero attached hydrogens (tertiary/aromatic N) is 2. The zero-order valence-electron chi connectivity index (χ0n) is 17.7. The zero-order chi connectivity index (χ0) is 20.6. The van der Waals surface area contributed by atoms with E-state index in [9.17, 15) is 9.59 Å². The predicted molar refractivity (Wildman–Crippen MR) is 129 cm³/mol. The van der Waals surface area contributed by atoms with Crippen molar-refractivity contribution in [2.45, 2.75) is 6.54 Å². The molecular weight excluding hydrogens is 437 g/mol. The first-order chi connectivity index (χ1) is 14.1. The number of halogens is 2. The molecule has 170 valence electrons. The lowest BCUT2D eigenvalue weighted by Crippen LogP contribution is -2.43. The highest BCUT2D eigenvalue weighted by atomic mass is 35.5. The van der Waals surface area contributed by atoms with Crippen LogP contribution in [-0.2, 0) is 6.54 Å². The van der Waals surface area contributed by atoms with Crippen LogP contribution in [0, 0.1) is 0 Å². The molecule has 1 heterocycles. The number of nitrogens with one attached hydrogen (secondary N) is 2. The number of para-hydroxylation sites is 1. The molecule has 4 N–H and O–H groups in total. The first-order valence-corrected chi connectivity index (χ1v) is 9.95. The zero-order valence-corrected chi connectivity index (χ0v) is 19.3. The molecule has 1 fully saturated rings. The van der Waals surface area contributed by atoms with Gasteiger partial charge in [-0.2, -0.15) is 0 Å². The van der Waals surface area contributed by atoms with E-state index < -0.39 is 0 Å². The Morgan fingerprint density at radius 1 is 0.968 bits per heavy atom. The number of carbonyl (C=O) groups is 2. The molecule has 2 aromatic carbocycles. The molecule has 7 nitrogen and oxygen atoms in total. The minimum atomic E-state index is -0.254. The maximum Gasteiger partial charge on any atom is 0.255 e. The Labute approximate surface area is 196 Å². The Balaban J connectivity index is 0.00000240. The highest BCUT2D eigenvalue weighted by Crippen LogP contribution is 2.17. The maximum atomic E-state index is 12.8. The summed E-state index contributed by atoms with van der Waals surface area (Å²) in [6.45, 7) is 5.74. The normalized spacial score (nSPS) is 14.1. The molecule has 31 heavy (non-hydrogen) atoms. The highest BCUT2D eigenvalue weighted by molar-refractivity contribution is 6.09. The van der Waals surface area contributed by atoms with E-state index in [1.165, 1.54) is 0 Å². The van der Waals surface area contributed by atoms with Crippen LogP contribution < -0.4 is 16.4 Å². The van der Waals surface area contributed by atoms with Crippen LogP contribution in [0.5, 0.6) is 0 Å². The van der Waals surface area contributed by atoms with E-state index in [0.29, 0.717) is 29.9 Å². The predicted octanol–water partition coefficient (Wildman–Crippen LogP) is 2.22. The summed E-state index contributed by atoms with van der Waals surface area (Å²) in [6, 6.07) is 14.6. The molecule has 0 radical (unpaired) electrons. The van der Waals surface area contributed by atoms with Crippen LogP contribution in [0.2, 0.25) is 0 Å². The first kappa shape index (κ1) is 26.9. The van der Waals surface area contributed by atoms with Crippen molar-refractivity contribution in [1.29, 1.82) is 0 Å². The number of benzene rings is 2. The summed E-state index contributed by atoms with van der Waals surface area (Å²) >= 11 is 0. The van der Waals surface area contributed by atoms with E-state index in [4.69, 9.17) is 5.73 Å². The van der Waals surface area contributed by atoms with E-state index in [-0.39, 0.29) is 36.6 Å². The van der Waals surface area contributed by atoms with Gasteiger partial charge < -0.3 is 21.3 Å². The third-order valence-corrected chi connectivity index (χ3v) is 5.04. The van der Waals surface area contributed by atoms with Gasteiger partial charge in [0.05, 0.1) is 11.3 Å². The summed E-state index contributed by atoms with van der Waals surface area (Å²) in [6.07, 6.45) is 0. The molecule has 0 aliphatic carbocycles. The number of likely N-dealkylation sites (N-methyl/N-ethyl adjacent to an activating group) is 1. The van der Waals surface area contributed by atoms with Gasteiger partial charge in [0.25, 0.3) is 11.8 Å². The molecule has 1 aliphatic rings. The monoisotopic (exact) mass is 467 g/mol. The van der Waals surface area contributed by atoms with Crippen molar-refractivity contribution in [3.8, 4) is 0 Å². The van der Waals surface area contributed by atoms with Crippen LogP contribution in [0.15, 0.2) is 48.5 Å². The minimum absolute atomic E-state index is 0. The number of amides is 2. The van der Waals surface area contributed by atoms with Crippen LogP contribution >= 0.6 is 24.8 Å². The molecular formula is C22H31Cl2N5O2. The van der Waals surface area contributed by atoms with Crippen LogP contribution in [0.1, 0.15) is 26.3 Å². The fourth-order valence-corrected chi connectivity index (χ4v) is 3.34. The van der Waals surface area contributed by atoms with Crippen molar-refractivity contribution in [3.05, 3.63) is 65.2 Å². The van der Waals surface area contributed by atoms with Crippen molar-refractivity contribution in [1.82, 2.24) is 15.1 Å². The summed E-state index contributed by atoms with van der Waals surface area (Å²) < 4.78 is 0. The number of nitrogens with two attached hydrogens (primary N) is 1. The van der Waals surface area contributed by atoms with Crippen LogP contribution in [0.25, 0.3) is 0 Å². The van der Waals surface area contributed by atoms with Gasteiger partial charge in [0, 0.05) is 51.4 Å². The summed E-state index contributed by atoms with van der Waals surface area (Å²) in [4.78, 5) is 29.8. The molecule has 0 saturated carbocycles. The van der Waals surface area contributed by atoms with Gasteiger partial charge in [-0.05, 0) is 36.9 Å². The van der Waals surface area contributed by atoms with E-state index in [1.807, 2.05) is 18.2 Å². The maximum absolute atomic E-state index is 12.8. The Hall–Kier alpha value is -2.16. The molecule has 9 heteroatoms. The van der Waals surface area contributed by atoms with Crippen LogP contribution in [0.3, 0.4) is 0 Å². The number of hydrogen-bond acceptors (Lipinski definition) is 5. The number of hydrogen-bond donors (Lipinski definition) is 3. The van der Waals surface area contributed by atoms with Gasteiger partial charge in [-0.3, -0.25) is 14.5 Å². The Morgan fingerprint density at radius 2 is 1.68 bits per heavy atom. The number of rotatable bonds is 7. The second kappa shape index (κ2) is 13.3. The van der Waals surface area contributed by atoms with Crippen LogP contribution in [0.4, 0.5) is 5.69 Å². The third kappa shape index (κ3) is 7.79. The summed E-state index contributed by atoms with van der Waals surface area (Å²) in [5.41, 5.74) is 8.03. The first-order valence-electron chi connectivity index (χ1n) is 9.95. The molecule has 0 bridgehead atoms. The van der Waals surface area contributed by atoms with Gasteiger partial charge in [0.1, 0.15) is 0 Å². The summed E-state index contributed by atoms with van der Waals surface area (Å²) in [5.74, 6) is -0.487. The number of anilines is 1. The SMILES string of the molecule is CN1CCN(Cc2cccc(C(=O)Nc3ccccc3C(=O)NCCN)c2)CC1.Cl.Cl. The molecule has 0 unspecified atom stereocenters. The fraction of sp³-hybridized carbons (Fsp3) is 0.364. The standard InChI is InChI=1S/C22H29N5O2.2ClH/c1-26-11-13-27(14-12-26)16-17-5-4-6-18(15-17)21(28)25-20-8-3-2-7-19(20)22(29)24-10-9-23;;/h2-8,15H,9-14,16,23H2,1H3,(H,24,29)(H,25,28);2*1H. The molecule has 1 saturated heterocycles. The quantitative estimate of drug-likeness (QED) is 0.580. The summed E-state index contributed by atoms with van der Waals surface area (Å²) in [5, 5.41) is 5.61. The number of piperazine rings is 1. The second-order valence-electron chi connectivity index (χ2n) is 7.32. The summed E-state index contributed by atoms with van der Waals surface area (Å²) in [7, 11) is 2.14. The van der Waals surface area contributed by atoms with Crippen LogP contribution in [-0.4, -0.2) is 67.9 Å². The van der Waals surface area contributed by atoms with Crippen molar-refractivity contribution >= 4 is 42.3 Å². The number of carbonyl (C=O) groups excluding carboxylic acids is 2. The second-order valence-corrected chi connectivity index (χ2v) is 7.32. The van der Waals surface area contributed by atoms with Gasteiger partial charge in [0.2, 0.25) is 0 Å². The third-order valence-electron chi connectivity index (χ3n) is 5.04. The van der Waals surface area contributed by atoms with Gasteiger partial charge in [0.15, 0.2) is 0 Å². The van der Waals surface area contributed by atoms with Gasteiger partial charge >= 0.3 is 0 Å². The lowest BCUT2D eigenvalue weighted by molar-refractivity contribution is 0.0955. The molecule has 0 spiro atoms. The largest absolute Gasteiger partial charge is 0.351 e. The van der Waals surface area contributed by atoms with Gasteiger partial charge in [-0.15, -0.1) is 24.8 Å². The Bertz CT molecular complexity index is 857. The van der Waals surface area contributed by atoms with Crippen molar-refractivity contribution in [2.75, 3.05) is 51.6 Å². The molecule has 1 aliphatic heterocycles. The average Bonchev–Trinajstić information content (AvgIpc) is 2.74. The van der Waals surface area contributed by atoms with Gasteiger partial charge in [-0.1, -0.05) is 24.3 Å². The molecule has 2 aromatic rings. The highest BCUT2D eigenvalue weighted by Gasteiger charge is 2.16. The topological polar surface area (TPSA) is 90.7 Å². The van der Waals surface area contributed by atoms with E-state index in [1.54, 1.807) is 30.3 Å². The molecule has 0 aromatic heterocycles. The lowest BCUT2D eigenvalue weighted by atomic mass is 10.1. The minimum Gasteiger partial charge on any atom is -0.351 e. The smallest absolute Gasteiger partial charge is 0.255 e. The van der Waals surface area contributed by atoms with E-state index in [2.05, 4.69) is 27.5 Å². The average molecular weight is 468 g/mol. The fourth-order valence-electron chi connectivity index (χ4n) is 3.34. The molecule has 0 atom stereocenters. The lowest BCUT2D eigenvalue weighted by Gasteiger charge is -2.32. The van der Waals surface area contributed by atoms with Crippen molar-refractivity contribution in [2.24, 2.45) is 5.73 Å². The molecule has 2 amide bonds. The van der Waals surface area contributed by atoms with Crippen molar-refractivity contribution in [3.63, 3.8) is 0 Å². The Morgan fingerprint density at radius 3 is 2.39 bits per heavy atom. The molecule has 3 rings (SSSR count). The van der Waals surface area contributed by atoms with E-state index >= 15 is 0 Å². The van der Waals surface area contributed by atoms with Gasteiger partial charge in [-0.25, -0.2) is 0 Å². The van der Waals surface area contributed by atoms with Crippen molar-refractivity contribution < 1.29 is 9.59 Å². The Kier molecular flexibility index (Phi) is 11.5.